The van der Waals surface area contributed by atoms with Crippen LogP contribution in [0.2, 0.25) is 32.2 Å². The molecule has 0 amide bonds. The summed E-state index contributed by atoms with van der Waals surface area (Å²) in [4.78, 5) is 23.5. The van der Waals surface area contributed by atoms with Gasteiger partial charge in [0.2, 0.25) is 8.32 Å². The quantitative estimate of drug-likeness (QED) is 0.187. The average Bonchev–Trinajstić information content (AvgIpc) is 2.63. The normalized spacial score (nSPS) is 12.1. The number of hydrogen-bond acceptors (Lipinski definition) is 7. The van der Waals surface area contributed by atoms with Crippen molar-refractivity contribution in [2.45, 2.75) is 90.0 Å². The Morgan fingerprint density at radius 3 is 1.72 bits per heavy atom. The highest BCUT2D eigenvalue weighted by Gasteiger charge is 2.34. The largest absolute Gasteiger partial charge is 0.466 e. The van der Waals surface area contributed by atoms with Crippen LogP contribution in [0.1, 0.15) is 57.8 Å². The van der Waals surface area contributed by atoms with E-state index in [1.54, 1.807) is 0 Å². The molecule has 9 heteroatoms. The van der Waals surface area contributed by atoms with E-state index in [4.69, 9.17) is 23.8 Å². The standard InChI is InChI=1S/C20H42O7Si2/c1-28(2,17-11-16-25-19(23)12-7-5-9-14-21)27-29(3,4)18-26-20(24)13-8-6-10-15-22/h21-22H,5-18H2,1-4H3. The molecule has 0 aliphatic carbocycles. The molecule has 172 valence electrons. The summed E-state index contributed by atoms with van der Waals surface area (Å²) in [5.41, 5.74) is 0. The molecule has 0 spiro atoms. The Kier molecular flexibility index (Phi) is 15.6. The summed E-state index contributed by atoms with van der Waals surface area (Å²) >= 11 is 0. The molecule has 0 atom stereocenters. The number of aliphatic hydroxyl groups is 2. The van der Waals surface area contributed by atoms with Crippen molar-refractivity contribution in [1.29, 1.82) is 0 Å². The summed E-state index contributed by atoms with van der Waals surface area (Å²) in [6, 6.07) is 0.885. The first-order valence-electron chi connectivity index (χ1n) is 10.8. The Morgan fingerprint density at radius 2 is 1.21 bits per heavy atom. The van der Waals surface area contributed by atoms with E-state index in [1.807, 2.05) is 0 Å². The molecule has 0 bridgehead atoms. The summed E-state index contributed by atoms with van der Waals surface area (Å²) in [6.07, 6.45) is 6.52. The Hall–Kier alpha value is -0.746. The lowest BCUT2D eigenvalue weighted by atomic mass is 10.2. The number of hydrogen-bond donors (Lipinski definition) is 2. The van der Waals surface area contributed by atoms with Gasteiger partial charge in [0.05, 0.1) is 6.61 Å². The predicted octanol–water partition coefficient (Wildman–Crippen LogP) is 3.53. The van der Waals surface area contributed by atoms with Crippen LogP contribution in [0.4, 0.5) is 0 Å². The predicted molar refractivity (Wildman–Crippen MR) is 118 cm³/mol. The summed E-state index contributed by atoms with van der Waals surface area (Å²) < 4.78 is 17.1. The maximum atomic E-state index is 11.8. The molecular formula is C20H42O7Si2. The summed E-state index contributed by atoms with van der Waals surface area (Å²) in [7, 11) is -4.04. The summed E-state index contributed by atoms with van der Waals surface area (Å²) in [6.45, 7) is 9.15. The van der Waals surface area contributed by atoms with Gasteiger partial charge in [0.15, 0.2) is 8.32 Å². The Bertz CT molecular complexity index is 456. The van der Waals surface area contributed by atoms with Gasteiger partial charge in [0.1, 0.15) is 6.23 Å². The molecule has 0 radical (unpaired) electrons. The highest BCUT2D eigenvalue weighted by molar-refractivity contribution is 6.84. The Balaban J connectivity index is 4.01. The van der Waals surface area contributed by atoms with Crippen LogP contribution in [0.3, 0.4) is 0 Å². The van der Waals surface area contributed by atoms with Crippen molar-refractivity contribution >= 4 is 28.6 Å². The first-order chi connectivity index (χ1) is 13.6. The molecule has 0 heterocycles. The smallest absolute Gasteiger partial charge is 0.305 e. The second kappa shape index (κ2) is 16.0. The fraction of sp³-hybridized carbons (Fsp3) is 0.900. The topological polar surface area (TPSA) is 102 Å². The molecule has 0 rings (SSSR count). The van der Waals surface area contributed by atoms with Crippen LogP contribution in [0.25, 0.3) is 0 Å². The lowest BCUT2D eigenvalue weighted by Gasteiger charge is -2.33. The highest BCUT2D eigenvalue weighted by Crippen LogP contribution is 2.20. The second-order valence-electron chi connectivity index (χ2n) is 8.67. The zero-order valence-electron chi connectivity index (χ0n) is 18.8. The number of unbranched alkanes of at least 4 members (excludes halogenated alkanes) is 4. The van der Waals surface area contributed by atoms with Crippen LogP contribution in [-0.2, 0) is 23.2 Å². The molecule has 0 aromatic rings. The van der Waals surface area contributed by atoms with Crippen molar-refractivity contribution in [1.82, 2.24) is 0 Å². The molecule has 0 aromatic carbocycles. The van der Waals surface area contributed by atoms with Gasteiger partial charge in [0.25, 0.3) is 0 Å². The van der Waals surface area contributed by atoms with Crippen molar-refractivity contribution in [3.8, 4) is 0 Å². The molecule has 0 saturated carbocycles. The van der Waals surface area contributed by atoms with Crippen LogP contribution in [0, 0.1) is 0 Å². The van der Waals surface area contributed by atoms with Crippen molar-refractivity contribution in [3.63, 3.8) is 0 Å². The van der Waals surface area contributed by atoms with E-state index in [0.717, 1.165) is 51.0 Å². The van der Waals surface area contributed by atoms with Crippen molar-refractivity contribution in [3.05, 3.63) is 0 Å². The molecule has 0 aliphatic rings. The van der Waals surface area contributed by atoms with Gasteiger partial charge in [0, 0.05) is 26.1 Å². The monoisotopic (exact) mass is 450 g/mol. The van der Waals surface area contributed by atoms with Crippen LogP contribution >= 0.6 is 0 Å². The maximum Gasteiger partial charge on any atom is 0.305 e. The fourth-order valence-corrected chi connectivity index (χ4v) is 11.2. The Morgan fingerprint density at radius 1 is 0.690 bits per heavy atom. The molecule has 0 aromatic heterocycles. The summed E-state index contributed by atoms with van der Waals surface area (Å²) in [5.74, 6) is -0.374. The van der Waals surface area contributed by atoms with E-state index >= 15 is 0 Å². The number of rotatable bonds is 18. The van der Waals surface area contributed by atoms with Gasteiger partial charge in [-0.2, -0.15) is 0 Å². The minimum atomic E-state index is -2.11. The van der Waals surface area contributed by atoms with E-state index in [9.17, 15) is 9.59 Å². The van der Waals surface area contributed by atoms with Gasteiger partial charge in [-0.1, -0.05) is 12.8 Å². The average molecular weight is 451 g/mol. The minimum absolute atomic E-state index is 0.159. The molecule has 0 fully saturated rings. The molecule has 2 N–H and O–H groups in total. The molecule has 0 aliphatic heterocycles. The Labute approximate surface area is 178 Å². The van der Waals surface area contributed by atoms with E-state index in [2.05, 4.69) is 26.2 Å². The van der Waals surface area contributed by atoms with Crippen molar-refractivity contribution in [2.24, 2.45) is 0 Å². The van der Waals surface area contributed by atoms with Crippen LogP contribution in [0.15, 0.2) is 0 Å². The second-order valence-corrected chi connectivity index (χ2v) is 17.3. The zero-order valence-corrected chi connectivity index (χ0v) is 20.8. The van der Waals surface area contributed by atoms with Crippen LogP contribution < -0.4 is 0 Å². The third-order valence-corrected chi connectivity index (χ3v) is 11.2. The van der Waals surface area contributed by atoms with Gasteiger partial charge in [-0.05, 0) is 64.3 Å². The molecular weight excluding hydrogens is 408 g/mol. The number of aliphatic hydroxyl groups excluding tert-OH is 2. The van der Waals surface area contributed by atoms with E-state index in [0.29, 0.717) is 25.7 Å². The van der Waals surface area contributed by atoms with E-state index < -0.39 is 16.6 Å². The number of esters is 2. The molecule has 0 saturated heterocycles. The fourth-order valence-electron chi connectivity index (χ4n) is 3.03. The third kappa shape index (κ3) is 17.8. The van der Waals surface area contributed by atoms with Gasteiger partial charge in [-0.3, -0.25) is 9.59 Å². The number of ether oxygens (including phenoxy) is 2. The zero-order chi connectivity index (χ0) is 22.2. The highest BCUT2D eigenvalue weighted by atomic mass is 28.4. The van der Waals surface area contributed by atoms with E-state index in [-0.39, 0.29) is 25.2 Å². The van der Waals surface area contributed by atoms with Crippen LogP contribution in [-0.4, -0.2) is 64.8 Å². The lowest BCUT2D eigenvalue weighted by molar-refractivity contribution is -0.144. The van der Waals surface area contributed by atoms with Gasteiger partial charge in [-0.25, -0.2) is 0 Å². The number of carbonyl (C=O) groups excluding carboxylic acids is 2. The van der Waals surface area contributed by atoms with Crippen molar-refractivity contribution in [2.75, 3.05) is 26.1 Å². The van der Waals surface area contributed by atoms with Gasteiger partial charge < -0.3 is 23.8 Å². The summed E-state index contributed by atoms with van der Waals surface area (Å²) in [5, 5.41) is 17.5. The van der Waals surface area contributed by atoms with Gasteiger partial charge >= 0.3 is 11.9 Å². The first-order valence-corrected chi connectivity index (χ1v) is 17.1. The molecule has 0 unspecified atom stereocenters. The van der Waals surface area contributed by atoms with Crippen molar-refractivity contribution < 1.29 is 33.4 Å². The number of carbonyl (C=O) groups is 2. The third-order valence-electron chi connectivity index (χ3n) is 4.40. The SMILES string of the molecule is C[Si](C)(CCCOC(=O)CCCCCO)O[Si](C)(C)COC(=O)CCCCCO. The first kappa shape index (κ1) is 28.3. The minimum Gasteiger partial charge on any atom is -0.466 e. The molecule has 29 heavy (non-hydrogen) atoms. The van der Waals surface area contributed by atoms with E-state index in [1.165, 1.54) is 0 Å². The van der Waals surface area contributed by atoms with Crippen LogP contribution in [0.5, 0.6) is 0 Å². The lowest BCUT2D eigenvalue weighted by Crippen LogP contribution is -2.48. The van der Waals surface area contributed by atoms with Gasteiger partial charge in [-0.15, -0.1) is 0 Å². The molecule has 7 nitrogen and oxygen atoms in total. The maximum absolute atomic E-state index is 11.8.